The van der Waals surface area contributed by atoms with Crippen LogP contribution >= 0.6 is 0 Å². The Bertz CT molecular complexity index is 174. The molecular formula is C9H18K2O4. The average molecular weight is 268 g/mol. The van der Waals surface area contributed by atoms with E-state index in [4.69, 9.17) is 4.79 Å². The van der Waals surface area contributed by atoms with Crippen molar-refractivity contribution < 1.29 is 125 Å². The third-order valence-corrected chi connectivity index (χ3v) is 0.371. The summed E-state index contributed by atoms with van der Waals surface area (Å²) in [6.45, 7) is 5.88. The van der Waals surface area contributed by atoms with Gasteiger partial charge in [0.25, 0.3) is 0 Å². The Balaban J connectivity index is -0.0000000166. The summed E-state index contributed by atoms with van der Waals surface area (Å²) in [7, 11) is 0. The summed E-state index contributed by atoms with van der Waals surface area (Å²) in [6.07, 6.45) is 1.41. The van der Waals surface area contributed by atoms with E-state index in [1.54, 1.807) is 0 Å². The number of ketones is 2. The molecule has 0 N–H and O–H groups in total. The van der Waals surface area contributed by atoms with E-state index in [2.05, 4.69) is 0 Å². The zero-order valence-corrected chi connectivity index (χ0v) is 16.7. The monoisotopic (exact) mass is 268 g/mol. The maximum absolute atomic E-state index is 9.81. The molecule has 0 aliphatic rings. The molecule has 0 aromatic heterocycles. The molecule has 15 heavy (non-hydrogen) atoms. The van der Waals surface area contributed by atoms with Gasteiger partial charge >= 0.3 is 103 Å². The van der Waals surface area contributed by atoms with Gasteiger partial charge in [0.2, 0.25) is 0 Å². The summed E-state index contributed by atoms with van der Waals surface area (Å²) < 4.78 is 0. The predicted octanol–water partition coefficient (Wildman–Crippen LogP) is -4.80. The van der Waals surface area contributed by atoms with E-state index in [9.17, 15) is 14.4 Å². The molecule has 0 aliphatic heterocycles. The van der Waals surface area contributed by atoms with E-state index in [-0.39, 0.29) is 124 Å². The van der Waals surface area contributed by atoms with E-state index in [0.717, 1.165) is 6.29 Å². The van der Waals surface area contributed by atoms with Crippen LogP contribution in [0.2, 0.25) is 0 Å². The predicted molar refractivity (Wildman–Crippen MR) is 51.7 cm³/mol. The normalized spacial score (nSPS) is 5.60. The molecule has 6 heteroatoms. The van der Waals surface area contributed by atoms with Crippen LogP contribution in [0.1, 0.15) is 37.0 Å². The number of Topliss-reactive ketones (excluding diaryl/α,β-unsaturated/α-hetero) is 2. The summed E-state index contributed by atoms with van der Waals surface area (Å²) >= 11 is 0. The van der Waals surface area contributed by atoms with E-state index in [1.807, 2.05) is 0 Å². The molecule has 0 radical (unpaired) electrons. The Morgan fingerprint density at radius 3 is 1.27 bits per heavy atom. The van der Waals surface area contributed by atoms with Crippen LogP contribution in [-0.4, -0.2) is 24.1 Å². The van der Waals surface area contributed by atoms with E-state index in [0.29, 0.717) is 6.29 Å². The molecule has 0 aromatic rings. The third kappa shape index (κ3) is 127. The van der Waals surface area contributed by atoms with Crippen molar-refractivity contribution in [2.24, 2.45) is 0 Å². The number of hydrogen-bond acceptors (Lipinski definition) is 4. The van der Waals surface area contributed by atoms with Gasteiger partial charge in [0.1, 0.15) is 24.1 Å². The van der Waals surface area contributed by atoms with Crippen molar-refractivity contribution in [1.82, 2.24) is 0 Å². The summed E-state index contributed by atoms with van der Waals surface area (Å²) in [5.41, 5.74) is 0. The van der Waals surface area contributed by atoms with Crippen molar-refractivity contribution in [3.8, 4) is 0 Å². The van der Waals surface area contributed by atoms with Crippen molar-refractivity contribution >= 4 is 24.1 Å². The quantitative estimate of drug-likeness (QED) is 0.286. The summed E-state index contributed by atoms with van der Waals surface area (Å²) in [4.78, 5) is 37.5. The van der Waals surface area contributed by atoms with Gasteiger partial charge in [-0.15, -0.1) is 0 Å². The fourth-order valence-corrected chi connectivity index (χ4v) is 0.117. The first-order valence-electron chi connectivity index (χ1n) is 3.72. The van der Waals surface area contributed by atoms with Crippen LogP contribution in [0.4, 0.5) is 0 Å². The Morgan fingerprint density at radius 1 is 1.07 bits per heavy atom. The second-order valence-electron chi connectivity index (χ2n) is 2.22. The molecule has 4 nitrogen and oxygen atoms in total. The summed E-state index contributed by atoms with van der Waals surface area (Å²) in [5.74, 6) is 0.0880. The molecular weight excluding hydrogens is 250 g/mol. The first kappa shape index (κ1) is 30.2. The standard InChI is InChI=1S/C4H6O2.C3H6O.C2H4O.2K.2H/c1-4(6)2-3-5;1-3(2)4;1-2-3;;;;/h3H,2H2,1H3;1-2H3;2H,1H3;;;;/q;;;2*+1;2*-1. The van der Waals surface area contributed by atoms with Crippen molar-refractivity contribution in [2.75, 3.05) is 0 Å². The number of carbonyl (C=O) groups excluding carboxylic acids is 4. The molecule has 0 aliphatic carbocycles. The van der Waals surface area contributed by atoms with Gasteiger partial charge in [-0.3, -0.25) is 4.79 Å². The SMILES string of the molecule is CC(=O)CC=O.CC(C)=O.CC=O.[H-].[H-].[K+].[K+]. The van der Waals surface area contributed by atoms with E-state index < -0.39 is 0 Å². The Kier molecular flexibility index (Phi) is 59.9. The van der Waals surface area contributed by atoms with Crippen LogP contribution in [0, 0.1) is 0 Å². The number of rotatable bonds is 2. The van der Waals surface area contributed by atoms with Crippen molar-refractivity contribution in [3.63, 3.8) is 0 Å². The topological polar surface area (TPSA) is 68.3 Å². The van der Waals surface area contributed by atoms with E-state index >= 15 is 0 Å². The van der Waals surface area contributed by atoms with Gasteiger partial charge in [0.15, 0.2) is 0 Å². The van der Waals surface area contributed by atoms with Crippen LogP contribution < -0.4 is 103 Å². The van der Waals surface area contributed by atoms with Gasteiger partial charge in [-0.1, -0.05) is 0 Å². The maximum Gasteiger partial charge on any atom is 1.00 e. The molecule has 0 rings (SSSR count). The molecule has 0 saturated carbocycles. The number of hydrogen-bond donors (Lipinski definition) is 0. The first-order chi connectivity index (χ1) is 5.92. The van der Waals surface area contributed by atoms with Crippen LogP contribution in [0.5, 0.6) is 0 Å². The van der Waals surface area contributed by atoms with Gasteiger partial charge in [-0.2, -0.15) is 0 Å². The maximum atomic E-state index is 9.81. The molecule has 0 aromatic carbocycles. The molecule has 0 amide bonds. The van der Waals surface area contributed by atoms with Crippen molar-refractivity contribution in [3.05, 3.63) is 0 Å². The molecule has 0 spiro atoms. The summed E-state index contributed by atoms with van der Waals surface area (Å²) in [6, 6.07) is 0. The van der Waals surface area contributed by atoms with E-state index in [1.165, 1.54) is 27.7 Å². The van der Waals surface area contributed by atoms with Gasteiger partial charge in [-0.05, 0) is 27.7 Å². The fourth-order valence-electron chi connectivity index (χ4n) is 0.117. The number of aldehydes is 2. The van der Waals surface area contributed by atoms with Gasteiger partial charge < -0.3 is 17.2 Å². The molecule has 0 heterocycles. The second-order valence-corrected chi connectivity index (χ2v) is 2.22. The molecule has 0 unspecified atom stereocenters. The number of carbonyl (C=O) groups is 4. The largest absolute Gasteiger partial charge is 1.00 e. The minimum atomic E-state index is -0.0787. The first-order valence-corrected chi connectivity index (χ1v) is 3.72. The minimum absolute atomic E-state index is 0. The van der Waals surface area contributed by atoms with Gasteiger partial charge in [0.05, 0.1) is 6.42 Å². The van der Waals surface area contributed by atoms with Gasteiger partial charge in [-0.25, -0.2) is 0 Å². The smallest absolute Gasteiger partial charge is 1.00 e. The van der Waals surface area contributed by atoms with Crippen molar-refractivity contribution in [1.29, 1.82) is 0 Å². The second kappa shape index (κ2) is 29.7. The molecule has 0 atom stereocenters. The Labute approximate surface area is 179 Å². The molecule has 0 fully saturated rings. The zero-order valence-electron chi connectivity index (χ0n) is 12.5. The molecule has 80 valence electrons. The average Bonchev–Trinajstić information content (AvgIpc) is 1.86. The van der Waals surface area contributed by atoms with Gasteiger partial charge in [0, 0.05) is 0 Å². The zero-order chi connectivity index (χ0) is 11.3. The molecule has 0 saturated heterocycles. The third-order valence-electron chi connectivity index (χ3n) is 0.371. The fraction of sp³-hybridized carbons (Fsp3) is 0.556. The van der Waals surface area contributed by atoms with Crippen LogP contribution in [-0.2, 0) is 19.2 Å². The Morgan fingerprint density at radius 2 is 1.27 bits per heavy atom. The van der Waals surface area contributed by atoms with Crippen molar-refractivity contribution in [2.45, 2.75) is 34.1 Å². The summed E-state index contributed by atoms with van der Waals surface area (Å²) in [5, 5.41) is 0. The van der Waals surface area contributed by atoms with Crippen LogP contribution in [0.3, 0.4) is 0 Å². The minimum Gasteiger partial charge on any atom is -1.00 e. The van der Waals surface area contributed by atoms with Crippen LogP contribution in [0.25, 0.3) is 0 Å². The van der Waals surface area contributed by atoms with Crippen LogP contribution in [0.15, 0.2) is 0 Å². The Hall–Kier alpha value is 1.95. The molecule has 0 bridgehead atoms.